The van der Waals surface area contributed by atoms with Crippen LogP contribution in [0.3, 0.4) is 0 Å². The predicted molar refractivity (Wildman–Crippen MR) is 112 cm³/mol. The average molecular weight is 437 g/mol. The van der Waals surface area contributed by atoms with E-state index in [0.717, 1.165) is 20.7 Å². The lowest BCUT2D eigenvalue weighted by molar-refractivity contribution is 1.09. The number of rotatable bonds is 4. The summed E-state index contributed by atoms with van der Waals surface area (Å²) in [6, 6.07) is 5.49. The molecule has 4 rings (SSSR count). The fourth-order valence-corrected chi connectivity index (χ4v) is 4.16. The van der Waals surface area contributed by atoms with Crippen molar-refractivity contribution in [3.63, 3.8) is 0 Å². The Labute approximate surface area is 174 Å². The van der Waals surface area contributed by atoms with Crippen molar-refractivity contribution < 1.29 is 0 Å². The molecule has 3 heterocycles. The minimum absolute atomic E-state index is 0.491. The van der Waals surface area contributed by atoms with Crippen LogP contribution in [-0.4, -0.2) is 19.9 Å². The van der Waals surface area contributed by atoms with Crippen LogP contribution in [0.25, 0.3) is 21.7 Å². The zero-order valence-electron chi connectivity index (χ0n) is 14.0. The monoisotopic (exact) mass is 435 g/mol. The Balaban J connectivity index is 1.76. The lowest BCUT2D eigenvalue weighted by atomic mass is 10.2. The molecular formula is C18H12Cl3N5S. The third-order valence-electron chi connectivity index (χ3n) is 3.89. The van der Waals surface area contributed by atoms with E-state index in [-0.39, 0.29) is 0 Å². The molecular weight excluding hydrogens is 425 g/mol. The van der Waals surface area contributed by atoms with E-state index in [2.05, 4.69) is 25.3 Å². The van der Waals surface area contributed by atoms with Gasteiger partial charge in [-0.1, -0.05) is 40.9 Å². The molecule has 4 aromatic rings. The third kappa shape index (κ3) is 3.71. The van der Waals surface area contributed by atoms with Gasteiger partial charge in [-0.2, -0.15) is 0 Å². The number of hydrogen-bond donors (Lipinski definition) is 1. The summed E-state index contributed by atoms with van der Waals surface area (Å²) in [6.45, 7) is 2.47. The molecule has 1 N–H and O–H groups in total. The van der Waals surface area contributed by atoms with Crippen LogP contribution in [0.15, 0.2) is 36.8 Å². The van der Waals surface area contributed by atoms with Gasteiger partial charge in [-0.25, -0.2) is 15.0 Å². The average Bonchev–Trinajstić information content (AvgIpc) is 2.97. The highest BCUT2D eigenvalue weighted by molar-refractivity contribution is 7.19. The maximum Gasteiger partial charge on any atom is 0.183 e. The van der Waals surface area contributed by atoms with Crippen LogP contribution in [0.5, 0.6) is 0 Å². The summed E-state index contributed by atoms with van der Waals surface area (Å²) in [6.07, 6.45) is 4.85. The van der Waals surface area contributed by atoms with Gasteiger partial charge in [0.05, 0.1) is 26.7 Å². The Bertz CT molecular complexity index is 1130. The molecule has 0 aliphatic rings. The molecule has 0 unspecified atom stereocenters. The van der Waals surface area contributed by atoms with E-state index < -0.39 is 0 Å². The number of aryl methyl sites for hydroxylation is 1. The van der Waals surface area contributed by atoms with E-state index in [4.69, 9.17) is 34.8 Å². The third-order valence-corrected chi connectivity index (χ3v) is 6.21. The standard InChI is InChI=1S/C18H12Cl3N5S/c1-9-15(21)14-17(24-7-10-2-3-11(19)12(20)6-10)25-16(26-18(14)27-9)13-8-22-4-5-23-13/h2-6,8H,7H2,1H3,(H,24,25,26). The van der Waals surface area contributed by atoms with Gasteiger partial charge in [-0.05, 0) is 24.6 Å². The molecule has 5 nitrogen and oxygen atoms in total. The molecule has 1 aromatic carbocycles. The smallest absolute Gasteiger partial charge is 0.183 e. The first-order valence-corrected chi connectivity index (χ1v) is 9.89. The molecule has 0 aliphatic carbocycles. The zero-order valence-corrected chi connectivity index (χ0v) is 17.1. The number of aromatic nitrogens is 4. The van der Waals surface area contributed by atoms with Crippen molar-refractivity contribution in [3.05, 3.63) is 62.3 Å². The fraction of sp³-hybridized carbons (Fsp3) is 0.111. The van der Waals surface area contributed by atoms with Crippen molar-refractivity contribution in [1.82, 2.24) is 19.9 Å². The minimum atomic E-state index is 0.491. The number of nitrogens with one attached hydrogen (secondary N) is 1. The number of benzene rings is 1. The van der Waals surface area contributed by atoms with Crippen molar-refractivity contribution in [2.24, 2.45) is 0 Å². The number of halogens is 3. The van der Waals surface area contributed by atoms with E-state index in [1.54, 1.807) is 24.7 Å². The van der Waals surface area contributed by atoms with E-state index in [1.807, 2.05) is 19.1 Å². The van der Waals surface area contributed by atoms with E-state index in [0.29, 0.717) is 38.9 Å². The molecule has 0 atom stereocenters. The zero-order chi connectivity index (χ0) is 19.0. The van der Waals surface area contributed by atoms with Crippen molar-refractivity contribution >= 4 is 62.2 Å². The molecule has 0 saturated heterocycles. The summed E-state index contributed by atoms with van der Waals surface area (Å²) in [5.41, 5.74) is 1.57. The Morgan fingerprint density at radius 2 is 1.93 bits per heavy atom. The van der Waals surface area contributed by atoms with Crippen molar-refractivity contribution in [3.8, 4) is 11.5 Å². The first-order valence-electron chi connectivity index (χ1n) is 7.93. The first-order chi connectivity index (χ1) is 13.0. The Hall–Kier alpha value is -1.99. The quantitative estimate of drug-likeness (QED) is 0.423. The summed E-state index contributed by atoms with van der Waals surface area (Å²) >= 11 is 20.1. The number of hydrogen-bond acceptors (Lipinski definition) is 6. The highest BCUT2D eigenvalue weighted by Crippen LogP contribution is 2.38. The number of anilines is 1. The SMILES string of the molecule is Cc1sc2nc(-c3cnccn3)nc(NCc3ccc(Cl)c(Cl)c3)c2c1Cl. The topological polar surface area (TPSA) is 63.6 Å². The maximum absolute atomic E-state index is 6.50. The second-order valence-corrected chi connectivity index (χ2v) is 8.14. The molecule has 0 aliphatic heterocycles. The van der Waals surface area contributed by atoms with Crippen LogP contribution in [0, 0.1) is 6.92 Å². The highest BCUT2D eigenvalue weighted by Gasteiger charge is 2.17. The van der Waals surface area contributed by atoms with Crippen LogP contribution in [0.4, 0.5) is 5.82 Å². The number of nitrogens with zero attached hydrogens (tertiary/aromatic N) is 4. The largest absolute Gasteiger partial charge is 0.365 e. The molecule has 27 heavy (non-hydrogen) atoms. The molecule has 3 aromatic heterocycles. The van der Waals surface area contributed by atoms with Gasteiger partial charge in [-0.15, -0.1) is 11.3 Å². The van der Waals surface area contributed by atoms with E-state index >= 15 is 0 Å². The fourth-order valence-electron chi connectivity index (χ4n) is 2.57. The van der Waals surface area contributed by atoms with Gasteiger partial charge in [0.25, 0.3) is 0 Å². The molecule has 0 saturated carbocycles. The second-order valence-electron chi connectivity index (χ2n) is 5.74. The van der Waals surface area contributed by atoms with E-state index in [9.17, 15) is 0 Å². The summed E-state index contributed by atoms with van der Waals surface area (Å²) in [4.78, 5) is 19.4. The predicted octanol–water partition coefficient (Wildman–Crippen LogP) is 6.03. The molecule has 136 valence electrons. The summed E-state index contributed by atoms with van der Waals surface area (Å²) in [7, 11) is 0. The van der Waals surface area contributed by atoms with Gasteiger partial charge >= 0.3 is 0 Å². The van der Waals surface area contributed by atoms with Gasteiger partial charge in [0.1, 0.15) is 16.3 Å². The molecule has 9 heteroatoms. The normalized spacial score (nSPS) is 11.1. The Morgan fingerprint density at radius 1 is 1.07 bits per heavy atom. The van der Waals surface area contributed by atoms with Gasteiger partial charge in [0.15, 0.2) is 5.82 Å². The maximum atomic E-state index is 6.50. The van der Waals surface area contributed by atoms with Crippen LogP contribution < -0.4 is 5.32 Å². The van der Waals surface area contributed by atoms with Crippen molar-refractivity contribution in [1.29, 1.82) is 0 Å². The van der Waals surface area contributed by atoms with E-state index in [1.165, 1.54) is 11.3 Å². The summed E-state index contributed by atoms with van der Waals surface area (Å²) in [5, 5.41) is 5.81. The first kappa shape index (κ1) is 18.4. The van der Waals surface area contributed by atoms with Crippen LogP contribution >= 0.6 is 46.1 Å². The minimum Gasteiger partial charge on any atom is -0.365 e. The Kier molecular flexibility index (Phi) is 5.14. The van der Waals surface area contributed by atoms with Crippen LogP contribution in [-0.2, 0) is 6.54 Å². The number of fused-ring (bicyclic) bond motifs is 1. The molecule has 0 spiro atoms. The second kappa shape index (κ2) is 7.56. The lowest BCUT2D eigenvalue weighted by Gasteiger charge is -2.10. The summed E-state index contributed by atoms with van der Waals surface area (Å²) < 4.78 is 0. The lowest BCUT2D eigenvalue weighted by Crippen LogP contribution is -2.04. The van der Waals surface area contributed by atoms with Gasteiger partial charge in [0.2, 0.25) is 0 Å². The van der Waals surface area contributed by atoms with Gasteiger partial charge in [-0.3, -0.25) is 4.98 Å². The summed E-state index contributed by atoms with van der Waals surface area (Å²) in [5.74, 6) is 1.13. The van der Waals surface area contributed by atoms with Gasteiger partial charge < -0.3 is 5.32 Å². The molecule has 0 amide bonds. The molecule has 0 bridgehead atoms. The highest BCUT2D eigenvalue weighted by atomic mass is 35.5. The Morgan fingerprint density at radius 3 is 2.67 bits per heavy atom. The number of thiophene rings is 1. The van der Waals surface area contributed by atoms with Crippen molar-refractivity contribution in [2.45, 2.75) is 13.5 Å². The van der Waals surface area contributed by atoms with Gasteiger partial charge in [0, 0.05) is 23.8 Å². The van der Waals surface area contributed by atoms with Crippen LogP contribution in [0.2, 0.25) is 15.1 Å². The molecule has 0 radical (unpaired) electrons. The van der Waals surface area contributed by atoms with Crippen LogP contribution in [0.1, 0.15) is 10.4 Å². The molecule has 0 fully saturated rings. The van der Waals surface area contributed by atoms with Crippen molar-refractivity contribution in [2.75, 3.05) is 5.32 Å².